The number of nitro groups is 1. The molecule has 1 heterocycles. The topological polar surface area (TPSA) is 74.5 Å². The molecule has 6 heteroatoms. The zero-order valence-corrected chi connectivity index (χ0v) is 10.3. The molecular weight excluding hydrogens is 248 g/mol. The first-order chi connectivity index (χ1) is 9.19. The van der Waals surface area contributed by atoms with Crippen molar-refractivity contribution < 1.29 is 14.4 Å². The highest BCUT2D eigenvalue weighted by molar-refractivity contribution is 5.42. The normalized spacial score (nSPS) is 9.95. The average Bonchev–Trinajstić information content (AvgIpc) is 2.45. The maximum Gasteiger partial charge on any atom is 0.273 e. The van der Waals surface area contributed by atoms with Gasteiger partial charge in [0.15, 0.2) is 0 Å². The first kappa shape index (κ1) is 12.8. The van der Waals surface area contributed by atoms with Gasteiger partial charge in [0.1, 0.15) is 18.1 Å². The lowest BCUT2D eigenvalue weighted by Crippen LogP contribution is -1.98. The first-order valence-corrected chi connectivity index (χ1v) is 5.54. The van der Waals surface area contributed by atoms with Crippen LogP contribution < -0.4 is 9.47 Å². The zero-order chi connectivity index (χ0) is 13.7. The molecule has 0 saturated carbocycles. The van der Waals surface area contributed by atoms with Crippen LogP contribution in [0.15, 0.2) is 42.7 Å². The molecule has 0 spiro atoms. The number of non-ortho nitro benzene ring substituents is 1. The van der Waals surface area contributed by atoms with Crippen LogP contribution in [0.3, 0.4) is 0 Å². The molecule has 0 aliphatic rings. The van der Waals surface area contributed by atoms with Crippen LogP contribution in [0.25, 0.3) is 0 Å². The van der Waals surface area contributed by atoms with Gasteiger partial charge in [-0.25, -0.2) is 0 Å². The highest BCUT2D eigenvalue weighted by Gasteiger charge is 2.10. The third-order valence-electron chi connectivity index (χ3n) is 2.44. The van der Waals surface area contributed by atoms with Crippen molar-refractivity contribution in [3.63, 3.8) is 0 Å². The third-order valence-corrected chi connectivity index (χ3v) is 2.44. The molecule has 19 heavy (non-hydrogen) atoms. The number of methoxy groups -OCH3 is 1. The van der Waals surface area contributed by atoms with Gasteiger partial charge in [-0.3, -0.25) is 15.1 Å². The van der Waals surface area contributed by atoms with E-state index >= 15 is 0 Å². The van der Waals surface area contributed by atoms with Crippen LogP contribution in [0, 0.1) is 10.1 Å². The molecule has 6 nitrogen and oxygen atoms in total. The minimum atomic E-state index is -0.462. The van der Waals surface area contributed by atoms with Crippen molar-refractivity contribution in [2.75, 3.05) is 7.11 Å². The van der Waals surface area contributed by atoms with Crippen LogP contribution in [0.2, 0.25) is 0 Å². The van der Waals surface area contributed by atoms with E-state index in [4.69, 9.17) is 9.47 Å². The van der Waals surface area contributed by atoms with Crippen LogP contribution in [0.1, 0.15) is 5.56 Å². The molecular formula is C13H12N2O4. The predicted octanol–water partition coefficient (Wildman–Crippen LogP) is 2.58. The molecule has 0 bridgehead atoms. The Labute approximate surface area is 109 Å². The van der Waals surface area contributed by atoms with Crippen molar-refractivity contribution in [2.45, 2.75) is 6.61 Å². The van der Waals surface area contributed by atoms with Gasteiger partial charge in [0.25, 0.3) is 5.69 Å². The van der Waals surface area contributed by atoms with Crippen LogP contribution in [-0.2, 0) is 6.61 Å². The molecule has 0 N–H and O–H groups in total. The molecule has 0 radical (unpaired) electrons. The number of nitro benzene ring substituents is 1. The maximum absolute atomic E-state index is 10.8. The van der Waals surface area contributed by atoms with Gasteiger partial charge in [-0.1, -0.05) is 0 Å². The van der Waals surface area contributed by atoms with E-state index in [1.807, 2.05) is 0 Å². The van der Waals surface area contributed by atoms with Crippen molar-refractivity contribution in [2.24, 2.45) is 0 Å². The molecule has 0 fully saturated rings. The van der Waals surface area contributed by atoms with E-state index in [0.29, 0.717) is 17.1 Å². The summed E-state index contributed by atoms with van der Waals surface area (Å²) >= 11 is 0. The second-order valence-electron chi connectivity index (χ2n) is 3.77. The zero-order valence-electron chi connectivity index (χ0n) is 10.3. The Morgan fingerprint density at radius 1 is 1.32 bits per heavy atom. The predicted molar refractivity (Wildman–Crippen MR) is 68.2 cm³/mol. The molecule has 0 saturated heterocycles. The number of hydrogen-bond acceptors (Lipinski definition) is 5. The number of rotatable bonds is 5. The van der Waals surface area contributed by atoms with Crippen molar-refractivity contribution >= 4 is 5.69 Å². The van der Waals surface area contributed by atoms with Crippen molar-refractivity contribution in [3.8, 4) is 11.5 Å². The summed E-state index contributed by atoms with van der Waals surface area (Å²) < 4.78 is 10.5. The molecule has 0 atom stereocenters. The summed E-state index contributed by atoms with van der Waals surface area (Å²) in [5, 5.41) is 10.8. The lowest BCUT2D eigenvalue weighted by molar-refractivity contribution is -0.385. The van der Waals surface area contributed by atoms with Gasteiger partial charge in [0, 0.05) is 12.3 Å². The lowest BCUT2D eigenvalue weighted by atomic mass is 10.2. The Kier molecular flexibility index (Phi) is 3.92. The van der Waals surface area contributed by atoms with Crippen molar-refractivity contribution in [1.29, 1.82) is 0 Å². The van der Waals surface area contributed by atoms with E-state index in [2.05, 4.69) is 4.98 Å². The summed E-state index contributed by atoms with van der Waals surface area (Å²) in [6, 6.07) is 8.04. The van der Waals surface area contributed by atoms with E-state index < -0.39 is 4.92 Å². The largest absolute Gasteiger partial charge is 0.496 e. The van der Waals surface area contributed by atoms with Gasteiger partial charge in [0.2, 0.25) is 0 Å². The molecule has 0 unspecified atom stereocenters. The number of pyridine rings is 1. The molecule has 0 aliphatic carbocycles. The van der Waals surface area contributed by atoms with Gasteiger partial charge in [-0.15, -0.1) is 0 Å². The Hall–Kier alpha value is -2.63. The summed E-state index contributed by atoms with van der Waals surface area (Å²) in [5.41, 5.74) is 0.638. The molecule has 2 rings (SSSR count). The Morgan fingerprint density at radius 3 is 2.79 bits per heavy atom. The van der Waals surface area contributed by atoms with Crippen LogP contribution in [0.4, 0.5) is 5.69 Å². The molecule has 2 aromatic rings. The number of aromatic nitrogens is 1. The summed E-state index contributed by atoms with van der Waals surface area (Å²) in [4.78, 5) is 14.3. The van der Waals surface area contributed by atoms with Crippen molar-refractivity contribution in [3.05, 3.63) is 58.4 Å². The average molecular weight is 260 g/mol. The van der Waals surface area contributed by atoms with E-state index in [0.717, 1.165) is 0 Å². The fourth-order valence-electron chi connectivity index (χ4n) is 1.55. The number of hydrogen-bond donors (Lipinski definition) is 0. The van der Waals surface area contributed by atoms with E-state index in [1.165, 1.54) is 19.2 Å². The highest BCUT2D eigenvalue weighted by atomic mass is 16.6. The maximum atomic E-state index is 10.8. The Bertz CT molecular complexity index is 572. The summed E-state index contributed by atoms with van der Waals surface area (Å²) in [5.74, 6) is 1.03. The SMILES string of the molecule is COc1cc(COc2cccnc2)cc([N+](=O)[O-])c1. The van der Waals surface area contributed by atoms with Gasteiger partial charge in [-0.2, -0.15) is 0 Å². The van der Waals surface area contributed by atoms with Gasteiger partial charge in [-0.05, 0) is 23.8 Å². The van der Waals surface area contributed by atoms with Gasteiger partial charge < -0.3 is 9.47 Å². The summed E-state index contributed by atoms with van der Waals surface area (Å²) in [6.07, 6.45) is 3.22. The summed E-state index contributed by atoms with van der Waals surface area (Å²) in [6.45, 7) is 0.212. The quantitative estimate of drug-likeness (QED) is 0.610. The fourth-order valence-corrected chi connectivity index (χ4v) is 1.55. The molecule has 98 valence electrons. The minimum Gasteiger partial charge on any atom is -0.496 e. The van der Waals surface area contributed by atoms with Crippen LogP contribution in [-0.4, -0.2) is 17.0 Å². The monoisotopic (exact) mass is 260 g/mol. The number of ether oxygens (including phenoxy) is 2. The summed E-state index contributed by atoms with van der Waals surface area (Å²) in [7, 11) is 1.46. The second kappa shape index (κ2) is 5.81. The Balaban J connectivity index is 2.15. The Morgan fingerprint density at radius 2 is 2.16 bits per heavy atom. The molecule has 1 aromatic heterocycles. The molecule has 0 amide bonds. The van der Waals surface area contributed by atoms with E-state index in [9.17, 15) is 10.1 Å². The van der Waals surface area contributed by atoms with Crippen molar-refractivity contribution in [1.82, 2.24) is 4.98 Å². The molecule has 0 aliphatic heterocycles. The van der Waals surface area contributed by atoms with Gasteiger partial charge >= 0.3 is 0 Å². The smallest absolute Gasteiger partial charge is 0.273 e. The standard InChI is InChI=1S/C13H12N2O4/c1-18-13-6-10(5-11(7-13)15(16)17)9-19-12-3-2-4-14-8-12/h2-8H,9H2,1H3. The fraction of sp³-hybridized carbons (Fsp3) is 0.154. The van der Waals surface area contributed by atoms with E-state index in [-0.39, 0.29) is 12.3 Å². The number of nitrogens with zero attached hydrogens (tertiary/aromatic N) is 2. The molecule has 1 aromatic carbocycles. The highest BCUT2D eigenvalue weighted by Crippen LogP contribution is 2.23. The minimum absolute atomic E-state index is 0.0239. The van der Waals surface area contributed by atoms with Crippen LogP contribution >= 0.6 is 0 Å². The first-order valence-electron chi connectivity index (χ1n) is 5.54. The van der Waals surface area contributed by atoms with E-state index in [1.54, 1.807) is 30.6 Å². The lowest BCUT2D eigenvalue weighted by Gasteiger charge is -2.07. The van der Waals surface area contributed by atoms with Crippen LogP contribution in [0.5, 0.6) is 11.5 Å². The third kappa shape index (κ3) is 3.41. The second-order valence-corrected chi connectivity index (χ2v) is 3.77. The van der Waals surface area contributed by atoms with Gasteiger partial charge in [0.05, 0.1) is 24.3 Å². The number of benzene rings is 1.